The van der Waals surface area contributed by atoms with Crippen LogP contribution in [0.15, 0.2) is 41.5 Å². The summed E-state index contributed by atoms with van der Waals surface area (Å²) in [5, 5.41) is 11.7. The number of rotatable bonds is 4. The van der Waals surface area contributed by atoms with Crippen LogP contribution < -0.4 is 10.9 Å². The maximum absolute atomic E-state index is 12.5. The zero-order chi connectivity index (χ0) is 18.8. The Balaban J connectivity index is 1.86. The van der Waals surface area contributed by atoms with Crippen LogP contribution in [0, 0.1) is 3.57 Å². The summed E-state index contributed by atoms with van der Waals surface area (Å²) in [5.41, 5.74) is 0.229. The molecule has 0 spiro atoms. The quantitative estimate of drug-likeness (QED) is 0.573. The van der Waals surface area contributed by atoms with Crippen LogP contribution in [0.3, 0.4) is 0 Å². The van der Waals surface area contributed by atoms with E-state index in [0.717, 1.165) is 3.57 Å². The minimum Gasteiger partial charge on any atom is -0.342 e. The Morgan fingerprint density at radius 2 is 2.08 bits per heavy atom. The molecule has 0 radical (unpaired) electrons. The monoisotopic (exact) mass is 484 g/mol. The molecule has 0 fully saturated rings. The summed E-state index contributed by atoms with van der Waals surface area (Å²) < 4.78 is 3.55. The Morgan fingerprint density at radius 1 is 1.31 bits per heavy atom. The second-order valence-corrected chi connectivity index (χ2v) is 7.22. The molecule has 2 heterocycles. The van der Waals surface area contributed by atoms with E-state index in [1.807, 2.05) is 0 Å². The molecule has 3 aromatic rings. The van der Waals surface area contributed by atoms with E-state index in [2.05, 4.69) is 43.1 Å². The normalized spacial score (nSPS) is 12.0. The van der Waals surface area contributed by atoms with Gasteiger partial charge in [-0.2, -0.15) is 9.78 Å². The molecule has 1 N–H and O–H groups in total. The summed E-state index contributed by atoms with van der Waals surface area (Å²) in [7, 11) is 1.55. The predicted octanol–water partition coefficient (Wildman–Crippen LogP) is 2.11. The molecule has 134 valence electrons. The highest BCUT2D eigenvalue weighted by molar-refractivity contribution is 14.1. The maximum atomic E-state index is 12.5. The number of nitrogens with zero attached hydrogens (tertiary/aromatic N) is 5. The van der Waals surface area contributed by atoms with Gasteiger partial charge in [0.1, 0.15) is 6.33 Å². The fraction of sp³-hybridized carbons (Fsp3) is 0.188. The summed E-state index contributed by atoms with van der Waals surface area (Å²) in [6, 6.07) is 7.61. The fourth-order valence-corrected chi connectivity index (χ4v) is 3.44. The minimum absolute atomic E-state index is 0.229. The number of hydrogen-bond donors (Lipinski definition) is 1. The summed E-state index contributed by atoms with van der Waals surface area (Å²) in [5.74, 6) is 0.639. The number of benzene rings is 1. The van der Waals surface area contributed by atoms with Crippen LogP contribution >= 0.6 is 34.2 Å². The molecular weight excluding hydrogens is 471 g/mol. The average Bonchev–Trinajstić information content (AvgIpc) is 3.06. The van der Waals surface area contributed by atoms with Crippen molar-refractivity contribution in [2.45, 2.75) is 13.0 Å². The van der Waals surface area contributed by atoms with Crippen LogP contribution in [0.2, 0.25) is 5.02 Å². The fourth-order valence-electron chi connectivity index (χ4n) is 2.35. The first-order chi connectivity index (χ1) is 12.3. The molecule has 0 bridgehead atoms. The molecule has 26 heavy (non-hydrogen) atoms. The van der Waals surface area contributed by atoms with Gasteiger partial charge in [0.05, 0.1) is 6.04 Å². The SMILES string of the molecule is C[C@H](NC(=O)c1cc(Cl)cc(I)c1)c1ncnn1-c1ccc(=O)n(C)n1. The second kappa shape index (κ2) is 7.54. The first-order valence-electron chi connectivity index (χ1n) is 7.57. The third-order valence-electron chi connectivity index (χ3n) is 3.60. The largest absolute Gasteiger partial charge is 0.342 e. The molecule has 0 saturated carbocycles. The van der Waals surface area contributed by atoms with Crippen molar-refractivity contribution < 1.29 is 4.79 Å². The lowest BCUT2D eigenvalue weighted by molar-refractivity contribution is 0.0938. The van der Waals surface area contributed by atoms with Crippen LogP contribution in [-0.4, -0.2) is 30.5 Å². The van der Waals surface area contributed by atoms with Crippen molar-refractivity contribution in [2.75, 3.05) is 0 Å². The average molecular weight is 485 g/mol. The molecule has 8 nitrogen and oxygen atoms in total. The van der Waals surface area contributed by atoms with Crippen molar-refractivity contribution in [3.63, 3.8) is 0 Å². The Hall–Kier alpha value is -2.27. The van der Waals surface area contributed by atoms with E-state index in [1.165, 1.54) is 21.8 Å². The number of carbonyl (C=O) groups excluding carboxylic acids is 1. The van der Waals surface area contributed by atoms with Gasteiger partial charge < -0.3 is 5.32 Å². The van der Waals surface area contributed by atoms with E-state index >= 15 is 0 Å². The highest BCUT2D eigenvalue weighted by Gasteiger charge is 2.19. The van der Waals surface area contributed by atoms with Crippen LogP contribution in [0.4, 0.5) is 0 Å². The summed E-state index contributed by atoms with van der Waals surface area (Å²) in [6.07, 6.45) is 1.37. The molecule has 0 aliphatic heterocycles. The van der Waals surface area contributed by atoms with Crippen LogP contribution in [-0.2, 0) is 7.05 Å². The van der Waals surface area contributed by atoms with E-state index in [9.17, 15) is 9.59 Å². The van der Waals surface area contributed by atoms with E-state index in [1.54, 1.807) is 38.2 Å². The lowest BCUT2D eigenvalue weighted by atomic mass is 10.2. The lowest BCUT2D eigenvalue weighted by Gasteiger charge is -2.15. The van der Waals surface area contributed by atoms with Gasteiger partial charge in [-0.1, -0.05) is 11.6 Å². The number of amides is 1. The molecule has 3 rings (SSSR count). The highest BCUT2D eigenvalue weighted by atomic mass is 127. The third kappa shape index (κ3) is 3.93. The maximum Gasteiger partial charge on any atom is 0.266 e. The number of carbonyl (C=O) groups is 1. The minimum atomic E-state index is -0.444. The topological polar surface area (TPSA) is 94.7 Å². The summed E-state index contributed by atoms with van der Waals surface area (Å²) in [6.45, 7) is 1.79. The Morgan fingerprint density at radius 3 is 2.77 bits per heavy atom. The molecule has 1 atom stereocenters. The Labute approximate surface area is 167 Å². The van der Waals surface area contributed by atoms with Gasteiger partial charge in [0.25, 0.3) is 11.5 Å². The van der Waals surface area contributed by atoms with Crippen molar-refractivity contribution in [3.8, 4) is 5.82 Å². The highest BCUT2D eigenvalue weighted by Crippen LogP contribution is 2.18. The van der Waals surface area contributed by atoms with Crippen LogP contribution in [0.5, 0.6) is 0 Å². The number of nitrogens with one attached hydrogen (secondary N) is 1. The molecule has 2 aromatic heterocycles. The number of aromatic nitrogens is 5. The Kier molecular flexibility index (Phi) is 5.37. The van der Waals surface area contributed by atoms with Gasteiger partial charge in [0.15, 0.2) is 11.6 Å². The van der Waals surface area contributed by atoms with E-state index in [4.69, 9.17) is 11.6 Å². The van der Waals surface area contributed by atoms with Gasteiger partial charge in [0, 0.05) is 27.3 Å². The second-order valence-electron chi connectivity index (χ2n) is 5.54. The van der Waals surface area contributed by atoms with Gasteiger partial charge in [-0.3, -0.25) is 9.59 Å². The van der Waals surface area contributed by atoms with Gasteiger partial charge >= 0.3 is 0 Å². The predicted molar refractivity (Wildman–Crippen MR) is 104 cm³/mol. The first kappa shape index (κ1) is 18.5. The number of aryl methyl sites for hydroxylation is 1. The molecule has 0 aliphatic rings. The summed E-state index contributed by atoms with van der Waals surface area (Å²) in [4.78, 5) is 28.2. The van der Waals surface area contributed by atoms with Gasteiger partial charge in [-0.15, -0.1) is 5.10 Å². The molecule has 1 aromatic carbocycles. The number of halogens is 2. The smallest absolute Gasteiger partial charge is 0.266 e. The first-order valence-corrected chi connectivity index (χ1v) is 9.02. The van der Waals surface area contributed by atoms with Crippen molar-refractivity contribution in [3.05, 3.63) is 67.0 Å². The zero-order valence-electron chi connectivity index (χ0n) is 13.8. The molecule has 10 heteroatoms. The lowest BCUT2D eigenvalue weighted by Crippen LogP contribution is -2.29. The van der Waals surface area contributed by atoms with Crippen molar-refractivity contribution in [1.29, 1.82) is 0 Å². The molecule has 1 amide bonds. The molecular formula is C16H14ClIN6O2. The van der Waals surface area contributed by atoms with E-state index in [0.29, 0.717) is 22.2 Å². The van der Waals surface area contributed by atoms with E-state index in [-0.39, 0.29) is 11.5 Å². The van der Waals surface area contributed by atoms with Crippen molar-refractivity contribution in [2.24, 2.45) is 7.05 Å². The molecule has 0 aliphatic carbocycles. The standard InChI is InChI=1S/C16H14ClIN6O2/c1-9(21-16(26)10-5-11(17)7-12(18)6-10)15-19-8-20-24(15)13-3-4-14(25)23(2)22-13/h3-9H,1-2H3,(H,21,26)/t9-/m0/s1. The van der Waals surface area contributed by atoms with Gasteiger partial charge in [0.2, 0.25) is 0 Å². The van der Waals surface area contributed by atoms with Crippen LogP contribution in [0.1, 0.15) is 29.1 Å². The Bertz CT molecular complexity index is 1010. The van der Waals surface area contributed by atoms with Crippen molar-refractivity contribution in [1.82, 2.24) is 29.9 Å². The molecule has 0 unspecified atom stereocenters. The van der Waals surface area contributed by atoms with Gasteiger partial charge in [-0.25, -0.2) is 9.67 Å². The van der Waals surface area contributed by atoms with Crippen molar-refractivity contribution >= 4 is 40.1 Å². The molecule has 0 saturated heterocycles. The van der Waals surface area contributed by atoms with Crippen LogP contribution in [0.25, 0.3) is 5.82 Å². The number of hydrogen-bond acceptors (Lipinski definition) is 5. The van der Waals surface area contributed by atoms with E-state index < -0.39 is 6.04 Å². The third-order valence-corrected chi connectivity index (χ3v) is 4.44. The summed E-state index contributed by atoms with van der Waals surface area (Å²) >= 11 is 8.12. The zero-order valence-corrected chi connectivity index (χ0v) is 16.8. The van der Waals surface area contributed by atoms with Gasteiger partial charge in [-0.05, 0) is 53.8 Å².